The fraction of sp³-hybridized carbons (Fsp3) is 0.538. The van der Waals surface area contributed by atoms with Gasteiger partial charge in [-0.3, -0.25) is 0 Å². The maximum atomic E-state index is 13.0. The van der Waals surface area contributed by atoms with Crippen molar-refractivity contribution in [1.29, 1.82) is 0 Å². The molecular weight excluding hydrogens is 241 g/mol. The van der Waals surface area contributed by atoms with Gasteiger partial charge >= 0.3 is 0 Å². The molecule has 2 N–H and O–H groups in total. The topological polar surface area (TPSA) is 24.1 Å². The van der Waals surface area contributed by atoms with Crippen LogP contribution in [0.3, 0.4) is 0 Å². The standard InChI is InChI=1S/C13H17F3N2/c1-8(6-18-10-2-3-10)17-7-9-4-11(14)13(16)12(15)5-9/h4-5,8,10,17-18H,2-3,6-7H2,1H3. The lowest BCUT2D eigenvalue weighted by Gasteiger charge is -2.14. The zero-order valence-electron chi connectivity index (χ0n) is 10.3. The molecule has 100 valence electrons. The van der Waals surface area contributed by atoms with Crippen molar-refractivity contribution in [3.8, 4) is 0 Å². The van der Waals surface area contributed by atoms with Crippen LogP contribution in [-0.2, 0) is 6.54 Å². The molecule has 0 heterocycles. The molecule has 2 nitrogen and oxygen atoms in total. The van der Waals surface area contributed by atoms with E-state index < -0.39 is 17.5 Å². The van der Waals surface area contributed by atoms with Gasteiger partial charge in [-0.15, -0.1) is 0 Å². The Hall–Kier alpha value is -1.07. The Morgan fingerprint density at radius 2 is 1.83 bits per heavy atom. The molecule has 0 bridgehead atoms. The van der Waals surface area contributed by atoms with Gasteiger partial charge < -0.3 is 10.6 Å². The molecule has 1 aromatic rings. The molecule has 0 saturated heterocycles. The molecule has 0 radical (unpaired) electrons. The van der Waals surface area contributed by atoms with Crippen molar-refractivity contribution in [3.05, 3.63) is 35.1 Å². The quantitative estimate of drug-likeness (QED) is 0.765. The Labute approximate surface area is 105 Å². The molecule has 1 atom stereocenters. The molecule has 0 spiro atoms. The fourth-order valence-electron chi connectivity index (χ4n) is 1.71. The number of hydrogen-bond acceptors (Lipinski definition) is 2. The minimum Gasteiger partial charge on any atom is -0.312 e. The second-order valence-electron chi connectivity index (χ2n) is 4.84. The first-order valence-electron chi connectivity index (χ1n) is 6.16. The molecule has 1 aliphatic rings. The van der Waals surface area contributed by atoms with Crippen LogP contribution in [0.5, 0.6) is 0 Å². The van der Waals surface area contributed by atoms with Crippen LogP contribution in [0.15, 0.2) is 12.1 Å². The van der Waals surface area contributed by atoms with E-state index in [0.29, 0.717) is 18.2 Å². The van der Waals surface area contributed by atoms with Gasteiger partial charge in [-0.05, 0) is 37.5 Å². The van der Waals surface area contributed by atoms with E-state index in [9.17, 15) is 13.2 Å². The average molecular weight is 258 g/mol. The highest BCUT2D eigenvalue weighted by molar-refractivity contribution is 5.19. The Morgan fingerprint density at radius 3 is 2.39 bits per heavy atom. The van der Waals surface area contributed by atoms with Gasteiger partial charge in [0, 0.05) is 25.2 Å². The number of hydrogen-bond donors (Lipinski definition) is 2. The van der Waals surface area contributed by atoms with Gasteiger partial charge in [-0.25, -0.2) is 13.2 Å². The summed E-state index contributed by atoms with van der Waals surface area (Å²) in [6.45, 7) is 3.13. The highest BCUT2D eigenvalue weighted by atomic mass is 19.2. The van der Waals surface area contributed by atoms with Crippen LogP contribution in [0, 0.1) is 17.5 Å². The molecule has 0 aliphatic heterocycles. The Morgan fingerprint density at radius 1 is 1.22 bits per heavy atom. The first-order chi connectivity index (χ1) is 8.56. The van der Waals surface area contributed by atoms with Crippen molar-refractivity contribution in [2.45, 2.75) is 38.4 Å². The van der Waals surface area contributed by atoms with Crippen LogP contribution in [0.1, 0.15) is 25.3 Å². The van der Waals surface area contributed by atoms with Crippen molar-refractivity contribution >= 4 is 0 Å². The highest BCUT2D eigenvalue weighted by Gasteiger charge is 2.20. The van der Waals surface area contributed by atoms with Gasteiger partial charge in [-0.1, -0.05) is 0 Å². The minimum atomic E-state index is -1.41. The molecule has 1 aliphatic carbocycles. The van der Waals surface area contributed by atoms with E-state index in [-0.39, 0.29) is 6.04 Å². The van der Waals surface area contributed by atoms with E-state index in [2.05, 4.69) is 10.6 Å². The van der Waals surface area contributed by atoms with Crippen LogP contribution in [0.25, 0.3) is 0 Å². The third-order valence-electron chi connectivity index (χ3n) is 2.99. The molecule has 18 heavy (non-hydrogen) atoms. The number of benzene rings is 1. The monoisotopic (exact) mass is 258 g/mol. The number of halogens is 3. The van der Waals surface area contributed by atoms with E-state index in [1.165, 1.54) is 12.8 Å². The van der Waals surface area contributed by atoms with E-state index in [4.69, 9.17) is 0 Å². The summed E-state index contributed by atoms with van der Waals surface area (Å²) >= 11 is 0. The van der Waals surface area contributed by atoms with Gasteiger partial charge in [-0.2, -0.15) is 0 Å². The van der Waals surface area contributed by atoms with Gasteiger partial charge in [0.15, 0.2) is 17.5 Å². The van der Waals surface area contributed by atoms with Crippen molar-refractivity contribution in [2.75, 3.05) is 6.54 Å². The first kappa shape index (κ1) is 13.4. The maximum absolute atomic E-state index is 13.0. The average Bonchev–Trinajstić information content (AvgIpc) is 3.14. The van der Waals surface area contributed by atoms with Crippen molar-refractivity contribution in [3.63, 3.8) is 0 Å². The number of nitrogens with one attached hydrogen (secondary N) is 2. The Balaban J connectivity index is 1.81. The van der Waals surface area contributed by atoms with Crippen molar-refractivity contribution < 1.29 is 13.2 Å². The summed E-state index contributed by atoms with van der Waals surface area (Å²) in [6, 6.07) is 2.87. The minimum absolute atomic E-state index is 0.196. The van der Waals surface area contributed by atoms with Crippen LogP contribution >= 0.6 is 0 Å². The smallest absolute Gasteiger partial charge is 0.194 e. The summed E-state index contributed by atoms with van der Waals surface area (Å²) in [5.74, 6) is -3.70. The summed E-state index contributed by atoms with van der Waals surface area (Å²) < 4.78 is 38.7. The van der Waals surface area contributed by atoms with Crippen molar-refractivity contribution in [1.82, 2.24) is 10.6 Å². The lowest BCUT2D eigenvalue weighted by Crippen LogP contribution is -2.36. The predicted octanol–water partition coefficient (Wildman–Crippen LogP) is 2.33. The molecule has 1 saturated carbocycles. The SMILES string of the molecule is CC(CNC1CC1)NCc1cc(F)c(F)c(F)c1. The van der Waals surface area contributed by atoms with Crippen LogP contribution in [0.4, 0.5) is 13.2 Å². The molecule has 1 unspecified atom stereocenters. The molecule has 0 aromatic heterocycles. The maximum Gasteiger partial charge on any atom is 0.194 e. The summed E-state index contributed by atoms with van der Waals surface area (Å²) in [4.78, 5) is 0. The first-order valence-corrected chi connectivity index (χ1v) is 6.16. The van der Waals surface area contributed by atoms with Gasteiger partial charge in [0.05, 0.1) is 0 Å². The van der Waals surface area contributed by atoms with Gasteiger partial charge in [0.1, 0.15) is 0 Å². The molecular formula is C13H17F3N2. The van der Waals surface area contributed by atoms with Crippen LogP contribution in [-0.4, -0.2) is 18.6 Å². The van der Waals surface area contributed by atoms with E-state index in [0.717, 1.165) is 18.7 Å². The molecule has 5 heteroatoms. The lowest BCUT2D eigenvalue weighted by atomic mass is 10.2. The number of rotatable bonds is 6. The molecule has 1 fully saturated rings. The van der Waals surface area contributed by atoms with E-state index in [1.807, 2.05) is 6.92 Å². The zero-order chi connectivity index (χ0) is 13.1. The molecule has 1 aromatic carbocycles. The lowest BCUT2D eigenvalue weighted by molar-refractivity contribution is 0.442. The summed E-state index contributed by atoms with van der Waals surface area (Å²) in [5, 5.41) is 6.49. The second-order valence-corrected chi connectivity index (χ2v) is 4.84. The summed E-state index contributed by atoms with van der Waals surface area (Å²) in [6.07, 6.45) is 2.45. The van der Waals surface area contributed by atoms with E-state index >= 15 is 0 Å². The third kappa shape index (κ3) is 3.71. The Kier molecular flexibility index (Phi) is 4.24. The second kappa shape index (κ2) is 5.71. The third-order valence-corrected chi connectivity index (χ3v) is 2.99. The highest BCUT2D eigenvalue weighted by Crippen LogP contribution is 2.18. The zero-order valence-corrected chi connectivity index (χ0v) is 10.3. The van der Waals surface area contributed by atoms with E-state index in [1.54, 1.807) is 0 Å². The van der Waals surface area contributed by atoms with Gasteiger partial charge in [0.25, 0.3) is 0 Å². The summed E-state index contributed by atoms with van der Waals surface area (Å²) in [7, 11) is 0. The Bertz CT molecular complexity index is 396. The normalized spacial score (nSPS) is 16.9. The van der Waals surface area contributed by atoms with Crippen LogP contribution < -0.4 is 10.6 Å². The molecule has 2 rings (SSSR count). The van der Waals surface area contributed by atoms with Crippen LogP contribution in [0.2, 0.25) is 0 Å². The summed E-state index contributed by atoms with van der Waals surface area (Å²) in [5.41, 5.74) is 0.407. The van der Waals surface area contributed by atoms with Gasteiger partial charge in [0.2, 0.25) is 0 Å². The largest absolute Gasteiger partial charge is 0.312 e. The van der Waals surface area contributed by atoms with Crippen molar-refractivity contribution in [2.24, 2.45) is 0 Å². The predicted molar refractivity (Wildman–Crippen MR) is 63.6 cm³/mol. The fourth-order valence-corrected chi connectivity index (χ4v) is 1.71. The molecule has 0 amide bonds.